The summed E-state index contributed by atoms with van der Waals surface area (Å²) in [4.78, 5) is 25.0. The molecule has 7 heteroatoms. The topological polar surface area (TPSA) is 81.7 Å². The molecule has 1 aliphatic rings. The predicted octanol–water partition coefficient (Wildman–Crippen LogP) is 1.87. The van der Waals surface area contributed by atoms with Gasteiger partial charge in [0.1, 0.15) is 0 Å². The van der Waals surface area contributed by atoms with E-state index in [2.05, 4.69) is 10.6 Å². The van der Waals surface area contributed by atoms with Crippen LogP contribution in [-0.2, 0) is 0 Å². The number of anilines is 1. The second kappa shape index (κ2) is 6.58. The van der Waals surface area contributed by atoms with Crippen molar-refractivity contribution in [2.45, 2.75) is 6.42 Å². The van der Waals surface area contributed by atoms with Crippen LogP contribution in [0, 0.1) is 0 Å². The van der Waals surface area contributed by atoms with Crippen molar-refractivity contribution in [1.82, 2.24) is 10.2 Å². The molecular formula is C13H16ClN3O3. The lowest BCUT2D eigenvalue weighted by Crippen LogP contribution is -2.37. The molecule has 0 aromatic heterocycles. The van der Waals surface area contributed by atoms with Gasteiger partial charge < -0.3 is 20.6 Å². The molecule has 1 saturated heterocycles. The minimum absolute atomic E-state index is 0.0150. The number of halogens is 1. The Balaban J connectivity index is 2.12. The summed E-state index contributed by atoms with van der Waals surface area (Å²) in [6.07, 6.45) is 0.875. The van der Waals surface area contributed by atoms with Crippen LogP contribution >= 0.6 is 11.6 Å². The predicted molar refractivity (Wildman–Crippen MR) is 76.5 cm³/mol. The average molecular weight is 298 g/mol. The Morgan fingerprint density at radius 1 is 1.30 bits per heavy atom. The number of nitrogens with zero attached hydrogens (tertiary/aromatic N) is 1. The standard InChI is InChI=1S/C13H16ClN3O3/c14-9-2-3-11(10(8-9)12(18)19)16-13(20)17-6-1-4-15-5-7-17/h2-3,8,15H,1,4-7H2,(H,16,20)(H,18,19). The number of aromatic carboxylic acids is 1. The lowest BCUT2D eigenvalue weighted by Gasteiger charge is -2.21. The normalized spacial score (nSPS) is 15.6. The number of hydrogen-bond donors (Lipinski definition) is 3. The molecule has 0 radical (unpaired) electrons. The quantitative estimate of drug-likeness (QED) is 0.778. The number of rotatable bonds is 2. The molecule has 1 heterocycles. The zero-order chi connectivity index (χ0) is 14.5. The van der Waals surface area contributed by atoms with Gasteiger partial charge in [0.25, 0.3) is 0 Å². The number of carbonyl (C=O) groups excluding carboxylic acids is 1. The molecular weight excluding hydrogens is 282 g/mol. The van der Waals surface area contributed by atoms with E-state index >= 15 is 0 Å². The largest absolute Gasteiger partial charge is 0.478 e. The first-order chi connectivity index (χ1) is 9.58. The second-order valence-corrected chi connectivity index (χ2v) is 4.95. The number of nitrogens with one attached hydrogen (secondary N) is 2. The Morgan fingerprint density at radius 3 is 2.85 bits per heavy atom. The monoisotopic (exact) mass is 297 g/mol. The fourth-order valence-corrected chi connectivity index (χ4v) is 2.22. The molecule has 6 nitrogen and oxygen atoms in total. The van der Waals surface area contributed by atoms with Gasteiger partial charge in [-0.15, -0.1) is 0 Å². The van der Waals surface area contributed by atoms with Crippen LogP contribution in [0.15, 0.2) is 18.2 Å². The summed E-state index contributed by atoms with van der Waals surface area (Å²) in [5, 5.41) is 15.3. The van der Waals surface area contributed by atoms with Crippen molar-refractivity contribution in [3.05, 3.63) is 28.8 Å². The molecule has 108 valence electrons. The van der Waals surface area contributed by atoms with Crippen LogP contribution in [0.3, 0.4) is 0 Å². The van der Waals surface area contributed by atoms with Crippen LogP contribution in [0.5, 0.6) is 0 Å². The fourth-order valence-electron chi connectivity index (χ4n) is 2.05. The van der Waals surface area contributed by atoms with Gasteiger partial charge in [-0.1, -0.05) is 11.6 Å². The van der Waals surface area contributed by atoms with Crippen molar-refractivity contribution in [3.63, 3.8) is 0 Å². The van der Waals surface area contributed by atoms with Crippen molar-refractivity contribution in [2.75, 3.05) is 31.5 Å². The Labute approximate surface area is 121 Å². The van der Waals surface area contributed by atoms with Crippen LogP contribution in [0.1, 0.15) is 16.8 Å². The van der Waals surface area contributed by atoms with E-state index in [0.717, 1.165) is 19.5 Å². The Kier molecular flexibility index (Phi) is 4.81. The highest BCUT2D eigenvalue weighted by molar-refractivity contribution is 6.31. The molecule has 2 amide bonds. The summed E-state index contributed by atoms with van der Waals surface area (Å²) in [5.41, 5.74) is 0.239. The van der Waals surface area contributed by atoms with Crippen molar-refractivity contribution in [2.24, 2.45) is 0 Å². The van der Waals surface area contributed by atoms with E-state index in [-0.39, 0.29) is 17.3 Å². The Bertz CT molecular complexity index is 514. The highest BCUT2D eigenvalue weighted by Crippen LogP contribution is 2.21. The third kappa shape index (κ3) is 3.61. The third-order valence-corrected chi connectivity index (χ3v) is 3.32. The number of carboxylic acids is 1. The van der Waals surface area contributed by atoms with Gasteiger partial charge in [0.2, 0.25) is 0 Å². The van der Waals surface area contributed by atoms with Gasteiger partial charge in [0.05, 0.1) is 11.3 Å². The van der Waals surface area contributed by atoms with Gasteiger partial charge in [0.15, 0.2) is 0 Å². The molecule has 0 unspecified atom stereocenters. The van der Waals surface area contributed by atoms with Gasteiger partial charge in [0, 0.05) is 24.7 Å². The summed E-state index contributed by atoms with van der Waals surface area (Å²) < 4.78 is 0. The summed E-state index contributed by atoms with van der Waals surface area (Å²) in [7, 11) is 0. The number of hydrogen-bond acceptors (Lipinski definition) is 3. The smallest absolute Gasteiger partial charge is 0.337 e. The maximum absolute atomic E-state index is 12.1. The highest BCUT2D eigenvalue weighted by atomic mass is 35.5. The first-order valence-electron chi connectivity index (χ1n) is 6.37. The van der Waals surface area contributed by atoms with Crippen LogP contribution in [0.2, 0.25) is 5.02 Å². The zero-order valence-electron chi connectivity index (χ0n) is 10.9. The van der Waals surface area contributed by atoms with E-state index in [0.29, 0.717) is 18.1 Å². The minimum atomic E-state index is -1.12. The maximum Gasteiger partial charge on any atom is 0.337 e. The molecule has 2 rings (SSSR count). The highest BCUT2D eigenvalue weighted by Gasteiger charge is 2.18. The molecule has 20 heavy (non-hydrogen) atoms. The van der Waals surface area contributed by atoms with E-state index in [9.17, 15) is 9.59 Å². The van der Waals surface area contributed by atoms with E-state index < -0.39 is 5.97 Å². The van der Waals surface area contributed by atoms with Crippen molar-refractivity contribution >= 4 is 29.3 Å². The Morgan fingerprint density at radius 2 is 2.10 bits per heavy atom. The molecule has 1 aromatic rings. The molecule has 0 bridgehead atoms. The summed E-state index contributed by atoms with van der Waals surface area (Å²) in [6.45, 7) is 2.86. The molecule has 1 fully saturated rings. The lowest BCUT2D eigenvalue weighted by molar-refractivity contribution is 0.0698. The molecule has 1 aromatic carbocycles. The first-order valence-corrected chi connectivity index (χ1v) is 6.75. The number of urea groups is 1. The van der Waals surface area contributed by atoms with Crippen molar-refractivity contribution in [1.29, 1.82) is 0 Å². The molecule has 0 aliphatic carbocycles. The van der Waals surface area contributed by atoms with Crippen LogP contribution in [-0.4, -0.2) is 48.2 Å². The van der Waals surface area contributed by atoms with Gasteiger partial charge in [-0.25, -0.2) is 9.59 Å². The van der Waals surface area contributed by atoms with Gasteiger partial charge in [-0.05, 0) is 31.2 Å². The van der Waals surface area contributed by atoms with E-state index in [1.165, 1.54) is 12.1 Å². The number of amides is 2. The van der Waals surface area contributed by atoms with Gasteiger partial charge in [-0.2, -0.15) is 0 Å². The van der Waals surface area contributed by atoms with Crippen molar-refractivity contribution in [3.8, 4) is 0 Å². The summed E-state index contributed by atoms with van der Waals surface area (Å²) in [6, 6.07) is 4.08. The third-order valence-electron chi connectivity index (χ3n) is 3.08. The minimum Gasteiger partial charge on any atom is -0.478 e. The molecule has 0 saturated carbocycles. The summed E-state index contributed by atoms with van der Waals surface area (Å²) in [5.74, 6) is -1.12. The summed E-state index contributed by atoms with van der Waals surface area (Å²) >= 11 is 5.77. The van der Waals surface area contributed by atoms with Crippen molar-refractivity contribution < 1.29 is 14.7 Å². The molecule has 3 N–H and O–H groups in total. The SMILES string of the molecule is O=C(O)c1cc(Cl)ccc1NC(=O)N1CCCNCC1. The van der Waals surface area contributed by atoms with Gasteiger partial charge >= 0.3 is 12.0 Å². The molecule has 0 atom stereocenters. The number of benzene rings is 1. The first kappa shape index (κ1) is 14.6. The van der Waals surface area contributed by atoms with Gasteiger partial charge in [-0.3, -0.25) is 0 Å². The number of carboxylic acid groups (broad SMARTS) is 1. The second-order valence-electron chi connectivity index (χ2n) is 4.52. The zero-order valence-corrected chi connectivity index (χ0v) is 11.6. The maximum atomic E-state index is 12.1. The van der Waals surface area contributed by atoms with Crippen LogP contribution in [0.4, 0.5) is 10.5 Å². The van der Waals surface area contributed by atoms with Crippen LogP contribution < -0.4 is 10.6 Å². The average Bonchev–Trinajstić information content (AvgIpc) is 2.69. The lowest BCUT2D eigenvalue weighted by atomic mass is 10.2. The van der Waals surface area contributed by atoms with E-state index in [1.54, 1.807) is 11.0 Å². The molecule has 1 aliphatic heterocycles. The van der Waals surface area contributed by atoms with E-state index in [1.807, 2.05) is 0 Å². The number of carbonyl (C=O) groups is 2. The Hall–Kier alpha value is -1.79. The van der Waals surface area contributed by atoms with E-state index in [4.69, 9.17) is 16.7 Å². The van der Waals surface area contributed by atoms with Crippen LogP contribution in [0.25, 0.3) is 0 Å². The fraction of sp³-hybridized carbons (Fsp3) is 0.385. The molecule has 0 spiro atoms.